The summed E-state index contributed by atoms with van der Waals surface area (Å²) in [5, 5.41) is 9.97. The van der Waals surface area contributed by atoms with Gasteiger partial charge in [0.25, 0.3) is 0 Å². The molecule has 0 aliphatic heterocycles. The van der Waals surface area contributed by atoms with Crippen molar-refractivity contribution in [1.82, 2.24) is 0 Å². The summed E-state index contributed by atoms with van der Waals surface area (Å²) in [4.78, 5) is 0. The molecule has 1 rings (SSSR count). The molecule has 2 heteroatoms. The van der Waals surface area contributed by atoms with E-state index in [1.54, 1.807) is 0 Å². The maximum atomic E-state index is 9.97. The summed E-state index contributed by atoms with van der Waals surface area (Å²) in [6.45, 7) is 2.58. The molecule has 66 valence electrons. The van der Waals surface area contributed by atoms with E-state index in [-0.39, 0.29) is 0 Å². The maximum absolute atomic E-state index is 9.97. The molecule has 0 aromatic carbocycles. The zero-order valence-electron chi connectivity index (χ0n) is 7.34. The normalized spacial score (nSPS) is 23.2. The van der Waals surface area contributed by atoms with Gasteiger partial charge in [0.2, 0.25) is 0 Å². The molecule has 1 fully saturated rings. The van der Waals surface area contributed by atoms with Crippen molar-refractivity contribution in [2.45, 2.75) is 44.6 Å². The number of rotatable bonds is 5. The third kappa shape index (κ3) is 2.17. The molecule has 0 radical (unpaired) electrons. The maximum Gasteiger partial charge on any atom is 0.0797 e. The minimum Gasteiger partial charge on any atom is -0.388 e. The molecule has 1 aliphatic rings. The third-order valence-corrected chi connectivity index (χ3v) is 2.65. The first-order valence-corrected chi connectivity index (χ1v) is 4.65. The van der Waals surface area contributed by atoms with Gasteiger partial charge in [0.1, 0.15) is 0 Å². The minimum atomic E-state index is -0.518. The standard InChI is InChI=1S/C9H19NO/c1-2-3-6-9(11,7-10)8-4-5-8/h8,11H,2-7,10H2,1H3. The molecule has 1 atom stereocenters. The van der Waals surface area contributed by atoms with Gasteiger partial charge in [-0.2, -0.15) is 0 Å². The third-order valence-electron chi connectivity index (χ3n) is 2.65. The summed E-state index contributed by atoms with van der Waals surface area (Å²) in [5.74, 6) is 0.513. The van der Waals surface area contributed by atoms with Crippen molar-refractivity contribution in [1.29, 1.82) is 0 Å². The fraction of sp³-hybridized carbons (Fsp3) is 1.00. The Bertz CT molecular complexity index is 123. The van der Waals surface area contributed by atoms with Crippen molar-refractivity contribution in [3.63, 3.8) is 0 Å². The molecule has 0 bridgehead atoms. The van der Waals surface area contributed by atoms with Crippen LogP contribution in [0.4, 0.5) is 0 Å². The topological polar surface area (TPSA) is 46.2 Å². The van der Waals surface area contributed by atoms with Crippen molar-refractivity contribution in [3.8, 4) is 0 Å². The zero-order valence-corrected chi connectivity index (χ0v) is 7.34. The van der Waals surface area contributed by atoms with Crippen molar-refractivity contribution >= 4 is 0 Å². The van der Waals surface area contributed by atoms with Crippen LogP contribution >= 0.6 is 0 Å². The fourth-order valence-electron chi connectivity index (χ4n) is 1.58. The van der Waals surface area contributed by atoms with E-state index < -0.39 is 5.60 Å². The smallest absolute Gasteiger partial charge is 0.0797 e. The average Bonchev–Trinajstić information content (AvgIpc) is 2.82. The highest BCUT2D eigenvalue weighted by molar-refractivity contribution is 4.95. The molecule has 3 N–H and O–H groups in total. The summed E-state index contributed by atoms with van der Waals surface area (Å²) >= 11 is 0. The summed E-state index contributed by atoms with van der Waals surface area (Å²) < 4.78 is 0. The second-order valence-electron chi connectivity index (χ2n) is 3.69. The Morgan fingerprint density at radius 2 is 2.18 bits per heavy atom. The monoisotopic (exact) mass is 157 g/mol. The lowest BCUT2D eigenvalue weighted by Gasteiger charge is -2.26. The minimum absolute atomic E-state index is 0.442. The second-order valence-corrected chi connectivity index (χ2v) is 3.69. The van der Waals surface area contributed by atoms with Crippen LogP contribution in [0.25, 0.3) is 0 Å². The predicted octanol–water partition coefficient (Wildman–Crippen LogP) is 1.28. The van der Waals surface area contributed by atoms with Crippen molar-refractivity contribution in [3.05, 3.63) is 0 Å². The summed E-state index contributed by atoms with van der Waals surface area (Å²) in [7, 11) is 0. The largest absolute Gasteiger partial charge is 0.388 e. The molecule has 0 saturated heterocycles. The highest BCUT2D eigenvalue weighted by atomic mass is 16.3. The SMILES string of the molecule is CCCCC(O)(CN)C1CC1. The van der Waals surface area contributed by atoms with E-state index in [4.69, 9.17) is 5.73 Å². The predicted molar refractivity (Wildman–Crippen MR) is 46.3 cm³/mol. The highest BCUT2D eigenvalue weighted by Gasteiger charge is 2.41. The average molecular weight is 157 g/mol. The molecule has 0 heterocycles. The second kappa shape index (κ2) is 3.55. The number of hydrogen-bond acceptors (Lipinski definition) is 2. The fourth-order valence-corrected chi connectivity index (χ4v) is 1.58. The van der Waals surface area contributed by atoms with Crippen molar-refractivity contribution in [2.24, 2.45) is 11.7 Å². The molecular formula is C9H19NO. The van der Waals surface area contributed by atoms with Crippen LogP contribution in [0.3, 0.4) is 0 Å². The van der Waals surface area contributed by atoms with E-state index in [1.807, 2.05) is 0 Å². The van der Waals surface area contributed by atoms with E-state index in [2.05, 4.69) is 6.92 Å². The van der Waals surface area contributed by atoms with E-state index in [0.717, 1.165) is 19.3 Å². The van der Waals surface area contributed by atoms with Gasteiger partial charge >= 0.3 is 0 Å². The van der Waals surface area contributed by atoms with Crippen LogP contribution in [-0.4, -0.2) is 17.3 Å². The van der Waals surface area contributed by atoms with Gasteiger partial charge in [-0.05, 0) is 25.2 Å². The van der Waals surface area contributed by atoms with Crippen LogP contribution in [0.15, 0.2) is 0 Å². The van der Waals surface area contributed by atoms with E-state index in [1.165, 1.54) is 12.8 Å². The van der Waals surface area contributed by atoms with Crippen LogP contribution in [0.5, 0.6) is 0 Å². The van der Waals surface area contributed by atoms with Gasteiger partial charge < -0.3 is 10.8 Å². The molecule has 0 amide bonds. The lowest BCUT2D eigenvalue weighted by molar-refractivity contribution is 0.0158. The molecule has 0 aromatic rings. The van der Waals surface area contributed by atoms with Crippen LogP contribution < -0.4 is 5.73 Å². The quantitative estimate of drug-likeness (QED) is 0.631. The van der Waals surface area contributed by atoms with Gasteiger partial charge in [0.15, 0.2) is 0 Å². The lowest BCUT2D eigenvalue weighted by atomic mass is 9.92. The Hall–Kier alpha value is -0.0800. The number of aliphatic hydroxyl groups is 1. The summed E-state index contributed by atoms with van der Waals surface area (Å²) in [6.07, 6.45) is 5.50. The molecule has 0 aromatic heterocycles. The Labute approximate surface area is 68.8 Å². The van der Waals surface area contributed by atoms with Crippen LogP contribution in [0.1, 0.15) is 39.0 Å². The first-order chi connectivity index (χ1) is 5.23. The summed E-state index contributed by atoms with van der Waals surface area (Å²) in [6, 6.07) is 0. The molecule has 1 saturated carbocycles. The van der Waals surface area contributed by atoms with E-state index >= 15 is 0 Å². The number of nitrogens with two attached hydrogens (primary N) is 1. The van der Waals surface area contributed by atoms with Gasteiger partial charge in [-0.15, -0.1) is 0 Å². The Kier molecular flexibility index (Phi) is 2.90. The first kappa shape index (κ1) is 9.01. The van der Waals surface area contributed by atoms with Gasteiger partial charge in [-0.25, -0.2) is 0 Å². The Morgan fingerprint density at radius 3 is 2.55 bits per heavy atom. The van der Waals surface area contributed by atoms with Gasteiger partial charge in [-0.3, -0.25) is 0 Å². The number of unbranched alkanes of at least 4 members (excludes halogenated alkanes) is 1. The van der Waals surface area contributed by atoms with Gasteiger partial charge in [0, 0.05) is 6.54 Å². The Balaban J connectivity index is 2.31. The van der Waals surface area contributed by atoms with Crippen LogP contribution in [0.2, 0.25) is 0 Å². The molecule has 11 heavy (non-hydrogen) atoms. The molecule has 1 unspecified atom stereocenters. The van der Waals surface area contributed by atoms with Crippen LogP contribution in [-0.2, 0) is 0 Å². The first-order valence-electron chi connectivity index (χ1n) is 4.65. The highest BCUT2D eigenvalue weighted by Crippen LogP contribution is 2.41. The van der Waals surface area contributed by atoms with Gasteiger partial charge in [0.05, 0.1) is 5.60 Å². The zero-order chi connectivity index (χ0) is 8.32. The molecule has 2 nitrogen and oxygen atoms in total. The lowest BCUT2D eigenvalue weighted by Crippen LogP contribution is -2.39. The van der Waals surface area contributed by atoms with Crippen LogP contribution in [0, 0.1) is 5.92 Å². The molecule has 0 spiro atoms. The number of hydrogen-bond donors (Lipinski definition) is 2. The molecule has 1 aliphatic carbocycles. The summed E-state index contributed by atoms with van der Waals surface area (Å²) in [5.41, 5.74) is 5.02. The van der Waals surface area contributed by atoms with Gasteiger partial charge in [-0.1, -0.05) is 19.8 Å². The van der Waals surface area contributed by atoms with E-state index in [0.29, 0.717) is 12.5 Å². The van der Waals surface area contributed by atoms with E-state index in [9.17, 15) is 5.11 Å². The van der Waals surface area contributed by atoms with Crippen molar-refractivity contribution in [2.75, 3.05) is 6.54 Å². The van der Waals surface area contributed by atoms with Crippen molar-refractivity contribution < 1.29 is 5.11 Å². The Morgan fingerprint density at radius 1 is 1.55 bits per heavy atom. The molecular weight excluding hydrogens is 138 g/mol.